The highest BCUT2D eigenvalue weighted by Gasteiger charge is 2.19. The van der Waals surface area contributed by atoms with Crippen molar-refractivity contribution in [2.45, 2.75) is 27.2 Å². The molecule has 5 nitrogen and oxygen atoms in total. The fourth-order valence-corrected chi connectivity index (χ4v) is 2.94. The zero-order valence-corrected chi connectivity index (χ0v) is 18.0. The lowest BCUT2D eigenvalue weighted by Crippen LogP contribution is -2.17. The lowest BCUT2D eigenvalue weighted by Gasteiger charge is -2.18. The molecular weight excluding hydrogens is 393 g/mol. The molecule has 0 fully saturated rings. The van der Waals surface area contributed by atoms with Crippen LogP contribution in [0.4, 0.5) is 10.2 Å². The summed E-state index contributed by atoms with van der Waals surface area (Å²) in [5.41, 5.74) is 0.781. The Kier molecular flexibility index (Phi) is 8.20. The Morgan fingerprint density at radius 3 is 2.45 bits per heavy atom. The van der Waals surface area contributed by atoms with Crippen LogP contribution in [0.3, 0.4) is 0 Å². The van der Waals surface area contributed by atoms with E-state index in [1.807, 2.05) is 44.2 Å². The van der Waals surface area contributed by atoms with Gasteiger partial charge in [-0.2, -0.15) is 0 Å². The number of allylic oxidation sites excluding steroid dienone is 3. The Balaban J connectivity index is 0.00000166. The highest BCUT2D eigenvalue weighted by molar-refractivity contribution is 5.96. The van der Waals surface area contributed by atoms with Crippen molar-refractivity contribution >= 4 is 22.6 Å². The van der Waals surface area contributed by atoms with Gasteiger partial charge in [-0.1, -0.05) is 58.2 Å². The number of carbonyl (C=O) groups is 1. The van der Waals surface area contributed by atoms with E-state index >= 15 is 0 Å². The Bertz CT molecular complexity index is 1190. The molecule has 31 heavy (non-hydrogen) atoms. The fraction of sp³-hybridized carbons (Fsp3) is 0.160. The summed E-state index contributed by atoms with van der Waals surface area (Å²) < 4.78 is 16.1. The van der Waals surface area contributed by atoms with Crippen molar-refractivity contribution in [1.82, 2.24) is 9.55 Å². The molecule has 0 saturated heterocycles. The van der Waals surface area contributed by atoms with Crippen molar-refractivity contribution in [2.24, 2.45) is 0 Å². The minimum atomic E-state index is -0.805. The SMILES string of the molecule is C=C/C=C(\C=C)Nc1cc(=O)c2cc(F)c(C(=O)CC)nc2n1-c1ccccc1.CC. The van der Waals surface area contributed by atoms with E-state index in [0.29, 0.717) is 17.2 Å². The first-order valence-corrected chi connectivity index (χ1v) is 10.1. The van der Waals surface area contributed by atoms with Crippen LogP contribution in [0.5, 0.6) is 0 Å². The van der Waals surface area contributed by atoms with Gasteiger partial charge in [0, 0.05) is 23.9 Å². The number of carbonyl (C=O) groups excluding carboxylic acids is 1. The molecule has 3 aromatic rings. The molecule has 0 aliphatic rings. The molecule has 0 unspecified atom stereocenters. The van der Waals surface area contributed by atoms with Crippen LogP contribution in [0.15, 0.2) is 84.3 Å². The molecule has 2 aromatic heterocycles. The van der Waals surface area contributed by atoms with Crippen LogP contribution in [0, 0.1) is 5.82 Å². The van der Waals surface area contributed by atoms with Gasteiger partial charge in [0.15, 0.2) is 22.7 Å². The van der Waals surface area contributed by atoms with Crippen molar-refractivity contribution in [3.05, 3.63) is 101 Å². The highest BCUT2D eigenvalue weighted by atomic mass is 19.1. The van der Waals surface area contributed by atoms with Crippen LogP contribution in [-0.4, -0.2) is 15.3 Å². The number of nitrogens with one attached hydrogen (secondary N) is 1. The Hall–Kier alpha value is -3.80. The molecule has 3 rings (SSSR count). The minimum Gasteiger partial charge on any atom is -0.341 e. The second-order valence-electron chi connectivity index (χ2n) is 6.22. The summed E-state index contributed by atoms with van der Waals surface area (Å²) in [4.78, 5) is 29.1. The molecule has 0 atom stereocenters. The second-order valence-corrected chi connectivity index (χ2v) is 6.22. The number of hydrogen-bond donors (Lipinski definition) is 1. The number of pyridine rings is 2. The van der Waals surface area contributed by atoms with Crippen molar-refractivity contribution in [3.8, 4) is 5.69 Å². The molecule has 160 valence electrons. The second kappa shape index (κ2) is 10.8. The van der Waals surface area contributed by atoms with E-state index in [9.17, 15) is 14.0 Å². The van der Waals surface area contributed by atoms with Crippen molar-refractivity contribution in [2.75, 3.05) is 5.32 Å². The number of halogens is 1. The zero-order chi connectivity index (χ0) is 23.0. The van der Waals surface area contributed by atoms with Crippen LogP contribution in [0.1, 0.15) is 37.7 Å². The standard InChI is InChI=1S/C23H20FN3O2.C2H6/c1-4-10-15(5-2)25-21-14-20(29)17-13-18(24)22(19(28)6-3)26-23(17)27(21)16-11-8-7-9-12-16;1-2/h4-5,7-14,25H,1-2,6H2,3H3;1-2H3/b15-10+;. The number of nitrogens with zero attached hydrogens (tertiary/aromatic N) is 2. The van der Waals surface area contributed by atoms with Gasteiger partial charge in [-0.3, -0.25) is 14.2 Å². The van der Waals surface area contributed by atoms with Crippen LogP contribution in [-0.2, 0) is 0 Å². The number of ketones is 1. The monoisotopic (exact) mass is 419 g/mol. The summed E-state index contributed by atoms with van der Waals surface area (Å²) in [5, 5.41) is 3.20. The minimum absolute atomic E-state index is 0.0809. The van der Waals surface area contributed by atoms with Gasteiger partial charge in [-0.05, 0) is 30.4 Å². The number of aromatic nitrogens is 2. The summed E-state index contributed by atoms with van der Waals surface area (Å²) in [7, 11) is 0. The predicted molar refractivity (Wildman–Crippen MR) is 125 cm³/mol. The lowest BCUT2D eigenvalue weighted by atomic mass is 10.1. The number of hydrogen-bond acceptors (Lipinski definition) is 4. The van der Waals surface area contributed by atoms with Crippen LogP contribution < -0.4 is 10.7 Å². The van der Waals surface area contributed by atoms with Gasteiger partial charge in [0.1, 0.15) is 11.5 Å². The average Bonchev–Trinajstić information content (AvgIpc) is 2.80. The normalized spacial score (nSPS) is 10.8. The molecule has 2 heterocycles. The van der Waals surface area contributed by atoms with Gasteiger partial charge < -0.3 is 5.32 Å². The molecule has 0 aliphatic heterocycles. The van der Waals surface area contributed by atoms with Crippen molar-refractivity contribution in [3.63, 3.8) is 0 Å². The number of rotatable bonds is 7. The Morgan fingerprint density at radius 2 is 1.87 bits per heavy atom. The first-order chi connectivity index (χ1) is 15.0. The third-order valence-corrected chi connectivity index (χ3v) is 4.33. The maximum atomic E-state index is 14.5. The van der Waals surface area contributed by atoms with Gasteiger partial charge >= 0.3 is 0 Å². The van der Waals surface area contributed by atoms with E-state index in [2.05, 4.69) is 23.5 Å². The molecule has 1 aromatic carbocycles. The molecule has 1 N–H and O–H groups in total. The fourth-order valence-electron chi connectivity index (χ4n) is 2.94. The summed E-state index contributed by atoms with van der Waals surface area (Å²) in [6.07, 6.45) is 4.96. The first-order valence-electron chi connectivity index (χ1n) is 10.1. The quantitative estimate of drug-likeness (QED) is 0.388. The predicted octanol–water partition coefficient (Wildman–Crippen LogP) is 5.81. The topological polar surface area (TPSA) is 64.0 Å². The summed E-state index contributed by atoms with van der Waals surface area (Å²) >= 11 is 0. The number of anilines is 1. The molecule has 0 amide bonds. The van der Waals surface area contributed by atoms with Gasteiger partial charge in [-0.25, -0.2) is 9.37 Å². The Labute approximate surface area is 181 Å². The van der Waals surface area contributed by atoms with E-state index in [1.54, 1.807) is 29.7 Å². The summed E-state index contributed by atoms with van der Waals surface area (Å²) in [6, 6.07) is 11.6. The lowest BCUT2D eigenvalue weighted by molar-refractivity contribution is 0.0979. The number of fused-ring (bicyclic) bond motifs is 1. The van der Waals surface area contributed by atoms with E-state index < -0.39 is 17.0 Å². The molecule has 0 radical (unpaired) electrons. The van der Waals surface area contributed by atoms with Gasteiger partial charge in [0.25, 0.3) is 0 Å². The van der Waals surface area contributed by atoms with Gasteiger partial charge in [0.05, 0.1) is 5.39 Å². The molecule has 0 aliphatic carbocycles. The third kappa shape index (κ3) is 5.04. The number of para-hydroxylation sites is 1. The summed E-state index contributed by atoms with van der Waals surface area (Å²) in [5.74, 6) is -0.844. The molecule has 0 saturated carbocycles. The van der Waals surface area contributed by atoms with E-state index in [1.165, 1.54) is 6.07 Å². The van der Waals surface area contributed by atoms with Gasteiger partial charge in [0.2, 0.25) is 0 Å². The summed E-state index contributed by atoms with van der Waals surface area (Å²) in [6.45, 7) is 13.0. The number of benzene rings is 1. The maximum Gasteiger partial charge on any atom is 0.193 e. The van der Waals surface area contributed by atoms with E-state index in [-0.39, 0.29) is 23.1 Å². The molecular formula is C25H26FN3O2. The number of Topliss-reactive ketones (excluding diaryl/α,β-unsaturated/α-hetero) is 1. The molecule has 0 bridgehead atoms. The maximum absolute atomic E-state index is 14.5. The molecule has 0 spiro atoms. The highest BCUT2D eigenvalue weighted by Crippen LogP contribution is 2.24. The van der Waals surface area contributed by atoms with Crippen molar-refractivity contribution < 1.29 is 9.18 Å². The average molecular weight is 420 g/mol. The zero-order valence-electron chi connectivity index (χ0n) is 18.0. The van der Waals surface area contributed by atoms with Crippen LogP contribution in [0.2, 0.25) is 0 Å². The third-order valence-electron chi connectivity index (χ3n) is 4.33. The smallest absolute Gasteiger partial charge is 0.193 e. The van der Waals surface area contributed by atoms with Crippen LogP contribution in [0.25, 0.3) is 16.7 Å². The first kappa shape index (κ1) is 23.5. The Morgan fingerprint density at radius 1 is 1.19 bits per heavy atom. The van der Waals surface area contributed by atoms with E-state index in [4.69, 9.17) is 0 Å². The van der Waals surface area contributed by atoms with Crippen molar-refractivity contribution in [1.29, 1.82) is 0 Å². The van der Waals surface area contributed by atoms with Crippen LogP contribution >= 0.6 is 0 Å². The largest absolute Gasteiger partial charge is 0.341 e. The molecule has 6 heteroatoms. The van der Waals surface area contributed by atoms with Gasteiger partial charge in [-0.15, -0.1) is 0 Å². The van der Waals surface area contributed by atoms with E-state index in [0.717, 1.165) is 6.07 Å².